The van der Waals surface area contributed by atoms with Gasteiger partial charge in [0.2, 0.25) is 11.7 Å². The van der Waals surface area contributed by atoms with E-state index in [1.54, 1.807) is 30.3 Å². The normalized spacial score (nSPS) is 20.3. The van der Waals surface area contributed by atoms with Crippen molar-refractivity contribution >= 4 is 51.1 Å². The van der Waals surface area contributed by atoms with E-state index < -0.39 is 17.6 Å². The molecule has 2 N–H and O–H groups in total. The van der Waals surface area contributed by atoms with Crippen molar-refractivity contribution in [3.8, 4) is 17.3 Å². The molecule has 0 radical (unpaired) electrons. The third-order valence-corrected chi connectivity index (χ3v) is 10.8. The van der Waals surface area contributed by atoms with Crippen molar-refractivity contribution < 1.29 is 27.9 Å². The molecule has 0 spiro atoms. The number of likely N-dealkylation sites (tertiary alicyclic amines) is 1. The number of ether oxygens (including phenoxy) is 1. The van der Waals surface area contributed by atoms with E-state index in [0.717, 1.165) is 56.1 Å². The minimum absolute atomic E-state index is 0.0281. The molecule has 1 saturated carbocycles. The van der Waals surface area contributed by atoms with Crippen molar-refractivity contribution in [2.24, 2.45) is 0 Å². The summed E-state index contributed by atoms with van der Waals surface area (Å²) in [5.74, 6) is 0.461. The highest BCUT2D eigenvalue weighted by Gasteiger charge is 2.40. The zero-order valence-corrected chi connectivity index (χ0v) is 31.0. The molecule has 2 aromatic carbocycles. The SMILES string of the molecule is CNc1nc(OC)nc2c(F)c(-c3cccc4cccc(Cl)c34)ncc12.FC1CC2CCCN2C1.O=C(/C=C/c1nc(C2(O)CCC2)no1)N1CCCC1. The molecule has 3 aromatic heterocycles. The zero-order chi connectivity index (χ0) is 37.8. The van der Waals surface area contributed by atoms with Crippen molar-refractivity contribution in [1.82, 2.24) is 34.9 Å². The maximum absolute atomic E-state index is 15.4. The van der Waals surface area contributed by atoms with Crippen molar-refractivity contribution in [3.05, 3.63) is 71.2 Å². The molecule has 2 unspecified atom stereocenters. The number of aromatic nitrogens is 5. The number of aliphatic hydroxyl groups is 1. The van der Waals surface area contributed by atoms with Gasteiger partial charge in [0.15, 0.2) is 5.82 Å². The highest BCUT2D eigenvalue weighted by molar-refractivity contribution is 6.36. The number of alkyl halides is 1. The Labute approximate surface area is 316 Å². The molecule has 5 aromatic rings. The molecule has 4 fully saturated rings. The van der Waals surface area contributed by atoms with Crippen molar-refractivity contribution in [2.45, 2.75) is 69.2 Å². The van der Waals surface area contributed by atoms with Crippen LogP contribution in [0.2, 0.25) is 5.02 Å². The van der Waals surface area contributed by atoms with Crippen molar-refractivity contribution in [2.75, 3.05) is 45.7 Å². The molecule has 6 heterocycles. The summed E-state index contributed by atoms with van der Waals surface area (Å²) in [4.78, 5) is 32.7. The van der Waals surface area contributed by atoms with Crippen LogP contribution in [0.5, 0.6) is 6.01 Å². The van der Waals surface area contributed by atoms with Gasteiger partial charge in [0.25, 0.3) is 5.89 Å². The summed E-state index contributed by atoms with van der Waals surface area (Å²) < 4.78 is 38.1. The zero-order valence-electron chi connectivity index (χ0n) is 30.3. The molecule has 3 aliphatic heterocycles. The van der Waals surface area contributed by atoms with Crippen molar-refractivity contribution in [3.63, 3.8) is 0 Å². The summed E-state index contributed by atoms with van der Waals surface area (Å²) in [6, 6.07) is 11.8. The molecule has 54 heavy (non-hydrogen) atoms. The summed E-state index contributed by atoms with van der Waals surface area (Å²) in [6.07, 6.45) is 11.8. The molecular formula is C39H43ClF2N8O4. The molecule has 1 amide bonds. The maximum Gasteiger partial charge on any atom is 0.318 e. The lowest BCUT2D eigenvalue weighted by molar-refractivity contribution is -0.124. The van der Waals surface area contributed by atoms with Crippen LogP contribution < -0.4 is 10.1 Å². The van der Waals surface area contributed by atoms with Gasteiger partial charge in [0.1, 0.15) is 28.8 Å². The van der Waals surface area contributed by atoms with Crippen LogP contribution in [0.4, 0.5) is 14.6 Å². The van der Waals surface area contributed by atoms with Crippen LogP contribution in [0, 0.1) is 5.82 Å². The molecule has 1 aliphatic carbocycles. The van der Waals surface area contributed by atoms with Gasteiger partial charge in [-0.25, -0.2) is 8.78 Å². The van der Waals surface area contributed by atoms with E-state index in [-0.39, 0.29) is 29.0 Å². The van der Waals surface area contributed by atoms with E-state index in [0.29, 0.717) is 53.0 Å². The van der Waals surface area contributed by atoms with Gasteiger partial charge in [-0.2, -0.15) is 15.0 Å². The molecule has 284 valence electrons. The number of fused-ring (bicyclic) bond motifs is 3. The number of amides is 1. The van der Waals surface area contributed by atoms with Gasteiger partial charge < -0.3 is 24.6 Å². The second-order valence-corrected chi connectivity index (χ2v) is 14.4. The molecule has 9 rings (SSSR count). The van der Waals surface area contributed by atoms with Crippen LogP contribution >= 0.6 is 11.6 Å². The number of hydrogen-bond donors (Lipinski definition) is 2. The Morgan fingerprint density at radius 2 is 1.87 bits per heavy atom. The number of benzene rings is 2. The molecule has 12 nitrogen and oxygen atoms in total. The number of methoxy groups -OCH3 is 1. The Balaban J connectivity index is 0.000000139. The van der Waals surface area contributed by atoms with Crippen LogP contribution in [-0.4, -0.2) is 98.5 Å². The average Bonchev–Trinajstić information content (AvgIpc) is 4.00. The standard InChI is InChI=1S/C19H14ClFN4O.C13H17N3O3.C7H12FN/c1-22-18-12-9-23-16(15(21)17(12)24-19(25-18)26-2)11-7-3-5-10-6-4-8-13(20)14(10)11;17-11(16-8-1-2-9-16)5-4-10-14-12(15-19-10)13(18)6-3-7-13;8-6-4-7-2-1-3-9(7)5-6/h3-9H,1-2H3,(H,22,24,25);4-5,18H,1-3,6-9H2;6-7H,1-5H2/b;5-4+;. The topological polar surface area (TPSA) is 143 Å². The first-order chi connectivity index (χ1) is 26.2. The quantitative estimate of drug-likeness (QED) is 0.174. The van der Waals surface area contributed by atoms with E-state index >= 15 is 4.39 Å². The highest BCUT2D eigenvalue weighted by atomic mass is 35.5. The fraction of sp³-hybridized carbons (Fsp3) is 0.436. The molecule has 0 bridgehead atoms. The third-order valence-electron chi connectivity index (χ3n) is 10.5. The molecule has 3 saturated heterocycles. The predicted molar refractivity (Wildman–Crippen MR) is 202 cm³/mol. The first-order valence-electron chi connectivity index (χ1n) is 18.3. The minimum Gasteiger partial charge on any atom is -0.467 e. The first-order valence-corrected chi connectivity index (χ1v) is 18.7. The number of carbonyl (C=O) groups is 1. The Morgan fingerprint density at radius 1 is 1.09 bits per heavy atom. The van der Waals surface area contributed by atoms with Crippen LogP contribution in [0.15, 0.2) is 53.2 Å². The van der Waals surface area contributed by atoms with Crippen LogP contribution in [0.25, 0.3) is 39.0 Å². The van der Waals surface area contributed by atoms with Crippen LogP contribution in [-0.2, 0) is 10.4 Å². The number of anilines is 1. The molecular weight excluding hydrogens is 718 g/mol. The van der Waals surface area contributed by atoms with Gasteiger partial charge in [0.05, 0.1) is 12.5 Å². The summed E-state index contributed by atoms with van der Waals surface area (Å²) in [6.45, 7) is 3.49. The monoisotopic (exact) mass is 760 g/mol. The number of halogens is 3. The van der Waals surface area contributed by atoms with E-state index in [1.807, 2.05) is 24.3 Å². The van der Waals surface area contributed by atoms with E-state index in [1.165, 1.54) is 32.1 Å². The van der Waals surface area contributed by atoms with E-state index in [2.05, 4.69) is 35.3 Å². The van der Waals surface area contributed by atoms with Gasteiger partial charge in [-0.1, -0.05) is 47.1 Å². The van der Waals surface area contributed by atoms with Gasteiger partial charge >= 0.3 is 6.01 Å². The van der Waals surface area contributed by atoms with Crippen LogP contribution in [0.1, 0.15) is 63.1 Å². The third kappa shape index (κ3) is 7.87. The minimum atomic E-state index is -0.922. The second kappa shape index (κ2) is 16.3. The molecule has 15 heteroatoms. The van der Waals surface area contributed by atoms with Gasteiger partial charge in [-0.05, 0) is 69.4 Å². The largest absolute Gasteiger partial charge is 0.467 e. The Hall–Kier alpha value is -4.79. The fourth-order valence-corrected chi connectivity index (χ4v) is 7.72. The lowest BCUT2D eigenvalue weighted by Gasteiger charge is -2.32. The Morgan fingerprint density at radius 3 is 2.57 bits per heavy atom. The number of carbonyl (C=O) groups excluding carboxylic acids is 1. The van der Waals surface area contributed by atoms with Crippen molar-refractivity contribution in [1.29, 1.82) is 0 Å². The van der Waals surface area contributed by atoms with Gasteiger partial charge in [-0.3, -0.25) is 14.7 Å². The summed E-state index contributed by atoms with van der Waals surface area (Å²) >= 11 is 6.37. The smallest absolute Gasteiger partial charge is 0.318 e. The number of pyridine rings is 1. The average molecular weight is 761 g/mol. The summed E-state index contributed by atoms with van der Waals surface area (Å²) in [5, 5.41) is 19.4. The Kier molecular flexibility index (Phi) is 11.3. The highest BCUT2D eigenvalue weighted by Crippen LogP contribution is 2.39. The fourth-order valence-electron chi connectivity index (χ4n) is 7.44. The predicted octanol–water partition coefficient (Wildman–Crippen LogP) is 6.96. The van der Waals surface area contributed by atoms with E-state index in [9.17, 15) is 14.3 Å². The molecule has 4 aliphatic rings. The summed E-state index contributed by atoms with van der Waals surface area (Å²) in [5.41, 5.74) is -0.000452. The van der Waals surface area contributed by atoms with Gasteiger partial charge in [0, 0.05) is 67.0 Å². The number of rotatable bonds is 6. The maximum atomic E-state index is 15.4. The summed E-state index contributed by atoms with van der Waals surface area (Å²) in [7, 11) is 3.13. The second-order valence-electron chi connectivity index (χ2n) is 14.0. The lowest BCUT2D eigenvalue weighted by Crippen LogP contribution is -2.34. The van der Waals surface area contributed by atoms with Crippen LogP contribution in [0.3, 0.4) is 0 Å². The Bertz CT molecular complexity index is 2140. The number of hydrogen-bond acceptors (Lipinski definition) is 11. The number of nitrogens with one attached hydrogen (secondary N) is 1. The first kappa shape index (κ1) is 37.5. The van der Waals surface area contributed by atoms with Gasteiger partial charge in [-0.15, -0.1) is 0 Å². The number of nitrogens with zero attached hydrogens (tertiary/aromatic N) is 7. The van der Waals surface area contributed by atoms with E-state index in [4.69, 9.17) is 20.9 Å². The molecule has 2 atom stereocenters. The lowest BCUT2D eigenvalue weighted by atomic mass is 9.80.